The fraction of sp³-hybridized carbons (Fsp3) is 0.0312. The van der Waals surface area contributed by atoms with Crippen molar-refractivity contribution >= 4 is 40.7 Å². The van der Waals surface area contributed by atoms with Gasteiger partial charge in [0.25, 0.3) is 5.88 Å². The van der Waals surface area contributed by atoms with Crippen LogP contribution < -0.4 is 15.0 Å². The summed E-state index contributed by atoms with van der Waals surface area (Å²) in [6.45, 7) is 0. The molecule has 2 heterocycles. The number of nitrogens with one attached hydrogen (secondary N) is 2. The summed E-state index contributed by atoms with van der Waals surface area (Å²) in [4.78, 5) is 43.7. The Bertz CT molecular complexity index is 1720. The van der Waals surface area contributed by atoms with Crippen molar-refractivity contribution in [1.29, 1.82) is 0 Å². The quantitative estimate of drug-likeness (QED) is 0.216. The molecule has 0 aliphatic carbocycles. The predicted octanol–water partition coefficient (Wildman–Crippen LogP) is 7.03. The number of aromatic nitrogens is 4. The standard InChI is InChI=1S/C32H24N6O4/c39-31(41-27(22-13-5-1-6-14-22)23-15-7-2-8-16-23)37-30-35-28-26(33-21-34-28)29(36-30)42-32(40)38(24-17-9-3-10-18-24)25-19-11-4-12-20-25/h1-21,27H,(H2,33,34,35,36,37,39). The van der Waals surface area contributed by atoms with Gasteiger partial charge in [-0.2, -0.15) is 9.97 Å². The highest BCUT2D eigenvalue weighted by atomic mass is 16.6. The normalized spacial score (nSPS) is 10.8. The minimum Gasteiger partial charge on any atom is -0.436 e. The minimum atomic E-state index is -0.796. The Kier molecular flexibility index (Phi) is 7.49. The largest absolute Gasteiger partial charge is 0.436 e. The van der Waals surface area contributed by atoms with Gasteiger partial charge in [0.15, 0.2) is 11.8 Å². The van der Waals surface area contributed by atoms with Crippen LogP contribution in [-0.2, 0) is 4.74 Å². The summed E-state index contributed by atoms with van der Waals surface area (Å²) in [7, 11) is 0. The van der Waals surface area contributed by atoms with E-state index < -0.39 is 18.3 Å². The molecule has 10 heteroatoms. The highest BCUT2D eigenvalue weighted by Gasteiger charge is 2.24. The molecule has 10 nitrogen and oxygen atoms in total. The van der Waals surface area contributed by atoms with E-state index in [1.807, 2.05) is 97.1 Å². The summed E-state index contributed by atoms with van der Waals surface area (Å²) in [6, 6.07) is 36.9. The molecule has 0 spiro atoms. The third-order valence-corrected chi connectivity index (χ3v) is 6.29. The van der Waals surface area contributed by atoms with Crippen LogP contribution in [0.5, 0.6) is 5.88 Å². The van der Waals surface area contributed by atoms with E-state index in [4.69, 9.17) is 9.47 Å². The first-order chi connectivity index (χ1) is 20.7. The van der Waals surface area contributed by atoms with Gasteiger partial charge < -0.3 is 14.5 Å². The third kappa shape index (κ3) is 5.77. The Morgan fingerprint density at radius 3 is 1.79 bits per heavy atom. The average Bonchev–Trinajstić information content (AvgIpc) is 3.51. The van der Waals surface area contributed by atoms with Gasteiger partial charge in [-0.15, -0.1) is 0 Å². The van der Waals surface area contributed by atoms with Crippen LogP contribution in [0.4, 0.5) is 26.9 Å². The number of carbonyl (C=O) groups is 2. The first kappa shape index (κ1) is 26.2. The predicted molar refractivity (Wildman–Crippen MR) is 158 cm³/mol. The van der Waals surface area contributed by atoms with Gasteiger partial charge in [-0.3, -0.25) is 5.32 Å². The second kappa shape index (κ2) is 12.0. The van der Waals surface area contributed by atoms with Crippen LogP contribution in [0.15, 0.2) is 128 Å². The number of hydrogen-bond acceptors (Lipinski definition) is 7. The molecule has 0 atom stereocenters. The molecule has 0 unspecified atom stereocenters. The van der Waals surface area contributed by atoms with E-state index in [-0.39, 0.29) is 23.0 Å². The number of benzene rings is 4. The maximum absolute atomic E-state index is 13.6. The van der Waals surface area contributed by atoms with E-state index in [2.05, 4.69) is 25.3 Å². The number of nitrogens with zero attached hydrogens (tertiary/aromatic N) is 4. The van der Waals surface area contributed by atoms with Gasteiger partial charge in [-0.1, -0.05) is 97.1 Å². The molecular formula is C32H24N6O4. The molecule has 0 aliphatic heterocycles. The van der Waals surface area contributed by atoms with E-state index in [1.165, 1.54) is 11.2 Å². The number of anilines is 3. The Morgan fingerprint density at radius 1 is 0.714 bits per heavy atom. The molecule has 0 fully saturated rings. The molecule has 6 aromatic rings. The summed E-state index contributed by atoms with van der Waals surface area (Å²) in [5.41, 5.74) is 3.25. The summed E-state index contributed by atoms with van der Waals surface area (Å²) in [5.74, 6) is -0.259. The number of carbonyl (C=O) groups excluding carboxylic acids is 2. The van der Waals surface area contributed by atoms with Crippen molar-refractivity contribution in [2.45, 2.75) is 6.10 Å². The third-order valence-electron chi connectivity index (χ3n) is 6.29. The molecule has 0 radical (unpaired) electrons. The molecule has 2 amide bonds. The molecule has 0 aliphatic rings. The summed E-state index contributed by atoms with van der Waals surface area (Å²) < 4.78 is 11.6. The molecule has 2 aromatic heterocycles. The van der Waals surface area contributed by atoms with Crippen LogP contribution in [0.1, 0.15) is 17.2 Å². The van der Waals surface area contributed by atoms with Crippen molar-refractivity contribution in [2.75, 3.05) is 10.2 Å². The molecule has 0 saturated carbocycles. The average molecular weight is 557 g/mol. The van der Waals surface area contributed by atoms with Crippen LogP contribution in [0.25, 0.3) is 11.2 Å². The highest BCUT2D eigenvalue weighted by Crippen LogP contribution is 2.29. The molecule has 0 bridgehead atoms. The number of hydrogen-bond donors (Lipinski definition) is 2. The van der Waals surface area contributed by atoms with Crippen molar-refractivity contribution < 1.29 is 19.1 Å². The zero-order valence-corrected chi connectivity index (χ0v) is 22.1. The van der Waals surface area contributed by atoms with E-state index >= 15 is 0 Å². The molecule has 6 rings (SSSR count). The zero-order valence-electron chi connectivity index (χ0n) is 22.1. The SMILES string of the molecule is O=C(Nc1nc(OC(=O)N(c2ccccc2)c2ccccc2)c2[nH]cnc2n1)OC(c1ccccc1)c1ccccc1. The Hall–Kier alpha value is -6.03. The summed E-state index contributed by atoms with van der Waals surface area (Å²) in [6.07, 6.45) is -0.797. The van der Waals surface area contributed by atoms with Crippen LogP contribution >= 0.6 is 0 Å². The number of rotatable bonds is 7. The van der Waals surface area contributed by atoms with Crippen molar-refractivity contribution in [2.24, 2.45) is 0 Å². The van der Waals surface area contributed by atoms with Crippen molar-refractivity contribution in [1.82, 2.24) is 19.9 Å². The molecule has 4 aromatic carbocycles. The lowest BCUT2D eigenvalue weighted by Gasteiger charge is -2.22. The maximum Gasteiger partial charge on any atom is 0.425 e. The fourth-order valence-electron chi connectivity index (χ4n) is 4.39. The van der Waals surface area contributed by atoms with Crippen LogP contribution in [0, 0.1) is 0 Å². The highest BCUT2D eigenvalue weighted by molar-refractivity contribution is 5.98. The molecule has 0 saturated heterocycles. The molecule has 42 heavy (non-hydrogen) atoms. The van der Waals surface area contributed by atoms with Crippen molar-refractivity contribution in [3.8, 4) is 5.88 Å². The Labute approximate surface area is 240 Å². The second-order valence-electron chi connectivity index (χ2n) is 9.06. The Balaban J connectivity index is 1.27. The number of ether oxygens (including phenoxy) is 2. The van der Waals surface area contributed by atoms with Crippen LogP contribution in [-0.4, -0.2) is 32.1 Å². The van der Waals surface area contributed by atoms with Gasteiger partial charge in [-0.05, 0) is 35.4 Å². The number of imidazole rings is 1. The summed E-state index contributed by atoms with van der Waals surface area (Å²) >= 11 is 0. The van der Waals surface area contributed by atoms with Gasteiger partial charge in [0, 0.05) is 0 Å². The number of para-hydroxylation sites is 2. The first-order valence-electron chi connectivity index (χ1n) is 13.1. The number of aromatic amines is 1. The second-order valence-corrected chi connectivity index (χ2v) is 9.06. The van der Waals surface area contributed by atoms with Crippen molar-refractivity contribution in [3.05, 3.63) is 139 Å². The van der Waals surface area contributed by atoms with Crippen molar-refractivity contribution in [3.63, 3.8) is 0 Å². The summed E-state index contributed by atoms with van der Waals surface area (Å²) in [5, 5.41) is 2.56. The smallest absolute Gasteiger partial charge is 0.425 e. The van der Waals surface area contributed by atoms with Gasteiger partial charge in [0.1, 0.15) is 5.52 Å². The number of H-pyrrole nitrogens is 1. The van der Waals surface area contributed by atoms with Crippen LogP contribution in [0.3, 0.4) is 0 Å². The van der Waals surface area contributed by atoms with E-state index in [0.717, 1.165) is 11.1 Å². The topological polar surface area (TPSA) is 122 Å². The number of fused-ring (bicyclic) bond motifs is 1. The lowest BCUT2D eigenvalue weighted by atomic mass is 10.0. The Morgan fingerprint density at radius 2 is 1.24 bits per heavy atom. The van der Waals surface area contributed by atoms with E-state index in [9.17, 15) is 9.59 Å². The molecular weight excluding hydrogens is 532 g/mol. The molecule has 2 N–H and O–H groups in total. The van der Waals surface area contributed by atoms with Gasteiger partial charge >= 0.3 is 12.2 Å². The minimum absolute atomic E-state index is 0.114. The first-order valence-corrected chi connectivity index (χ1v) is 13.1. The van der Waals surface area contributed by atoms with Crippen LogP contribution in [0.2, 0.25) is 0 Å². The van der Waals surface area contributed by atoms with Gasteiger partial charge in [-0.25, -0.2) is 19.5 Å². The lowest BCUT2D eigenvalue weighted by molar-refractivity contribution is 0.131. The fourth-order valence-corrected chi connectivity index (χ4v) is 4.39. The van der Waals surface area contributed by atoms with Gasteiger partial charge in [0.05, 0.1) is 17.7 Å². The zero-order chi connectivity index (χ0) is 28.7. The maximum atomic E-state index is 13.6. The van der Waals surface area contributed by atoms with Gasteiger partial charge in [0.2, 0.25) is 5.95 Å². The molecule has 206 valence electrons. The lowest BCUT2D eigenvalue weighted by Crippen LogP contribution is -2.29. The number of amides is 2. The van der Waals surface area contributed by atoms with E-state index in [0.29, 0.717) is 11.4 Å². The monoisotopic (exact) mass is 556 g/mol. The van der Waals surface area contributed by atoms with E-state index in [1.54, 1.807) is 24.3 Å².